The number of carboxylic acid groups (broad SMARTS) is 1. The van der Waals surface area contributed by atoms with Crippen LogP contribution >= 0.6 is 0 Å². The van der Waals surface area contributed by atoms with E-state index in [1.807, 2.05) is 24.3 Å². The minimum absolute atomic E-state index is 0.319. The van der Waals surface area contributed by atoms with Gasteiger partial charge in [0.05, 0.1) is 6.61 Å². The van der Waals surface area contributed by atoms with Crippen molar-refractivity contribution in [1.82, 2.24) is 0 Å². The molecule has 5 nitrogen and oxygen atoms in total. The molecule has 0 aliphatic heterocycles. The molecule has 0 radical (unpaired) electrons. The molecular weight excluding hydrogens is 196 g/mol. The van der Waals surface area contributed by atoms with Gasteiger partial charge in [-0.05, 0) is 17.5 Å². The van der Waals surface area contributed by atoms with Crippen LogP contribution in [0.5, 0.6) is 0 Å². The van der Waals surface area contributed by atoms with Gasteiger partial charge in [-0.2, -0.15) is 0 Å². The smallest absolute Gasteiger partial charge is 0.320 e. The summed E-state index contributed by atoms with van der Waals surface area (Å²) in [5.74, 6) is 3.93. The quantitative estimate of drug-likeness (QED) is 0.595. The van der Waals surface area contributed by atoms with E-state index in [1.54, 1.807) is 0 Å². The van der Waals surface area contributed by atoms with Crippen LogP contribution in [0, 0.1) is 0 Å². The zero-order valence-electron chi connectivity index (χ0n) is 8.22. The lowest BCUT2D eigenvalue weighted by atomic mass is 10.1. The molecule has 0 aliphatic rings. The summed E-state index contributed by atoms with van der Waals surface area (Å²) in [6, 6.07) is 6.43. The molecule has 0 heterocycles. The largest absolute Gasteiger partial charge is 0.480 e. The Kier molecular flexibility index (Phi) is 4.23. The highest BCUT2D eigenvalue weighted by atomic mass is 16.6. The molecule has 0 amide bonds. The highest BCUT2D eigenvalue weighted by molar-refractivity contribution is 5.73. The van der Waals surface area contributed by atoms with Gasteiger partial charge in [-0.1, -0.05) is 24.3 Å². The number of carbonyl (C=O) groups is 1. The molecule has 1 atom stereocenters. The van der Waals surface area contributed by atoms with E-state index in [-0.39, 0.29) is 0 Å². The summed E-state index contributed by atoms with van der Waals surface area (Å²) in [6.45, 7) is 0.339. The van der Waals surface area contributed by atoms with E-state index in [4.69, 9.17) is 16.7 Å². The highest BCUT2D eigenvalue weighted by Crippen LogP contribution is 2.07. The monoisotopic (exact) mass is 210 g/mol. The van der Waals surface area contributed by atoms with Crippen molar-refractivity contribution in [2.45, 2.75) is 19.1 Å². The topological polar surface area (TPSA) is 98.6 Å². The summed E-state index contributed by atoms with van der Waals surface area (Å²) in [6.07, 6.45) is 0.319. The Labute approximate surface area is 87.6 Å². The van der Waals surface area contributed by atoms with Crippen molar-refractivity contribution < 1.29 is 14.7 Å². The molecule has 0 saturated carbocycles. The summed E-state index contributed by atoms with van der Waals surface area (Å²) >= 11 is 0. The molecule has 1 rings (SSSR count). The van der Waals surface area contributed by atoms with Crippen molar-refractivity contribution in [2.24, 2.45) is 11.6 Å². The van der Waals surface area contributed by atoms with Crippen molar-refractivity contribution in [3.63, 3.8) is 0 Å². The Morgan fingerprint density at radius 1 is 1.33 bits per heavy atom. The molecular formula is C10H14N2O3. The number of nitrogens with two attached hydrogens (primary N) is 2. The minimum atomic E-state index is -0.996. The van der Waals surface area contributed by atoms with Crippen molar-refractivity contribution in [3.05, 3.63) is 35.4 Å². The van der Waals surface area contributed by atoms with Crippen molar-refractivity contribution in [3.8, 4) is 0 Å². The molecule has 0 unspecified atom stereocenters. The molecule has 0 aromatic heterocycles. The maximum absolute atomic E-state index is 10.5. The number of hydrogen-bond donors (Lipinski definition) is 3. The molecule has 82 valence electrons. The number of aliphatic carboxylic acids is 1. The predicted molar refractivity (Wildman–Crippen MR) is 54.7 cm³/mol. The Morgan fingerprint density at radius 2 is 1.87 bits per heavy atom. The first-order chi connectivity index (χ1) is 7.13. The number of rotatable bonds is 5. The van der Waals surface area contributed by atoms with Crippen LogP contribution in [0.4, 0.5) is 0 Å². The number of hydrogen-bond acceptors (Lipinski definition) is 4. The second kappa shape index (κ2) is 5.45. The maximum Gasteiger partial charge on any atom is 0.320 e. The van der Waals surface area contributed by atoms with Gasteiger partial charge in [0.25, 0.3) is 0 Å². The van der Waals surface area contributed by atoms with E-state index in [0.29, 0.717) is 13.0 Å². The van der Waals surface area contributed by atoms with E-state index < -0.39 is 12.0 Å². The lowest BCUT2D eigenvalue weighted by molar-refractivity contribution is -0.138. The van der Waals surface area contributed by atoms with Gasteiger partial charge in [-0.25, -0.2) is 5.90 Å². The van der Waals surface area contributed by atoms with Crippen LogP contribution in [0.25, 0.3) is 0 Å². The van der Waals surface area contributed by atoms with Crippen molar-refractivity contribution in [2.75, 3.05) is 0 Å². The van der Waals surface area contributed by atoms with E-state index >= 15 is 0 Å². The maximum atomic E-state index is 10.5. The van der Waals surface area contributed by atoms with Crippen LogP contribution in [0.2, 0.25) is 0 Å². The summed E-state index contributed by atoms with van der Waals surface area (Å²) in [4.78, 5) is 15.0. The second-order valence-corrected chi connectivity index (χ2v) is 3.28. The fourth-order valence-corrected chi connectivity index (χ4v) is 1.21. The Morgan fingerprint density at radius 3 is 2.33 bits per heavy atom. The fourth-order valence-electron chi connectivity index (χ4n) is 1.21. The van der Waals surface area contributed by atoms with Gasteiger partial charge < -0.3 is 10.8 Å². The molecule has 1 aromatic rings. The van der Waals surface area contributed by atoms with E-state index in [2.05, 4.69) is 4.84 Å². The molecule has 0 bridgehead atoms. The molecule has 0 saturated heterocycles. The zero-order chi connectivity index (χ0) is 11.3. The fraction of sp³-hybridized carbons (Fsp3) is 0.300. The molecule has 15 heavy (non-hydrogen) atoms. The van der Waals surface area contributed by atoms with Gasteiger partial charge in [0.2, 0.25) is 0 Å². The molecule has 0 fully saturated rings. The Hall–Kier alpha value is -1.43. The number of carboxylic acids is 1. The first-order valence-electron chi connectivity index (χ1n) is 4.51. The third-order valence-electron chi connectivity index (χ3n) is 2.05. The van der Waals surface area contributed by atoms with E-state index in [1.165, 1.54) is 0 Å². The van der Waals surface area contributed by atoms with Gasteiger partial charge >= 0.3 is 5.97 Å². The standard InChI is InChI=1S/C10H14N2O3/c11-9(10(13)14)5-7-1-3-8(4-2-7)6-15-12/h1-4,9H,5-6,11-12H2,(H,13,14)/t9-/m0/s1. The van der Waals surface area contributed by atoms with Crippen molar-refractivity contribution in [1.29, 1.82) is 0 Å². The molecule has 1 aromatic carbocycles. The van der Waals surface area contributed by atoms with Crippen LogP contribution in [0.1, 0.15) is 11.1 Å². The average Bonchev–Trinajstić information content (AvgIpc) is 2.21. The molecule has 0 spiro atoms. The lowest BCUT2D eigenvalue weighted by Crippen LogP contribution is -2.32. The summed E-state index contributed by atoms with van der Waals surface area (Å²) in [7, 11) is 0. The molecule has 0 aliphatic carbocycles. The van der Waals surface area contributed by atoms with Crippen LogP contribution in [0.15, 0.2) is 24.3 Å². The third kappa shape index (κ3) is 3.67. The average molecular weight is 210 g/mol. The third-order valence-corrected chi connectivity index (χ3v) is 2.05. The van der Waals surface area contributed by atoms with Gasteiger partial charge in [0, 0.05) is 0 Å². The van der Waals surface area contributed by atoms with Crippen LogP contribution < -0.4 is 11.6 Å². The van der Waals surface area contributed by atoms with Crippen LogP contribution in [0.3, 0.4) is 0 Å². The molecule has 5 heteroatoms. The number of benzene rings is 1. The second-order valence-electron chi connectivity index (χ2n) is 3.28. The normalized spacial score (nSPS) is 12.4. The van der Waals surface area contributed by atoms with Gasteiger partial charge in [0.1, 0.15) is 6.04 Å². The van der Waals surface area contributed by atoms with Crippen LogP contribution in [-0.2, 0) is 22.7 Å². The predicted octanol–water partition coefficient (Wildman–Crippen LogP) is 0.0313. The Balaban J connectivity index is 2.60. The van der Waals surface area contributed by atoms with E-state index in [0.717, 1.165) is 11.1 Å². The first kappa shape index (κ1) is 11.6. The summed E-state index contributed by atoms with van der Waals surface area (Å²) < 4.78 is 0. The highest BCUT2D eigenvalue weighted by Gasteiger charge is 2.11. The first-order valence-corrected chi connectivity index (χ1v) is 4.51. The van der Waals surface area contributed by atoms with Crippen molar-refractivity contribution >= 4 is 5.97 Å². The Bertz CT molecular complexity index is 324. The van der Waals surface area contributed by atoms with Gasteiger partial charge in [-0.15, -0.1) is 0 Å². The summed E-state index contributed by atoms with van der Waals surface area (Å²) in [5, 5.41) is 8.62. The molecule has 5 N–H and O–H groups in total. The van der Waals surface area contributed by atoms with Gasteiger partial charge in [0.15, 0.2) is 0 Å². The minimum Gasteiger partial charge on any atom is -0.480 e. The summed E-state index contributed by atoms with van der Waals surface area (Å²) in [5.41, 5.74) is 7.22. The SMILES string of the molecule is NOCc1ccc(C[C@H](N)C(=O)O)cc1. The van der Waals surface area contributed by atoms with E-state index in [9.17, 15) is 4.79 Å². The lowest BCUT2D eigenvalue weighted by Gasteiger charge is -2.06. The zero-order valence-corrected chi connectivity index (χ0v) is 8.22. The van der Waals surface area contributed by atoms with Gasteiger partial charge in [-0.3, -0.25) is 9.63 Å². The van der Waals surface area contributed by atoms with Crippen LogP contribution in [-0.4, -0.2) is 17.1 Å².